The number of carbonyl (C=O) groups is 1. The molecule has 122 valence electrons. The molecule has 5 nitrogen and oxygen atoms in total. The summed E-state index contributed by atoms with van der Waals surface area (Å²) in [5.74, 6) is 1.90. The average molecular weight is 321 g/mol. The van der Waals surface area contributed by atoms with Gasteiger partial charge in [-0.1, -0.05) is 18.1 Å². The van der Waals surface area contributed by atoms with Crippen LogP contribution in [0.4, 0.5) is 5.69 Å². The maximum absolute atomic E-state index is 12.6. The van der Waals surface area contributed by atoms with E-state index in [2.05, 4.69) is 11.2 Å². The minimum Gasteiger partial charge on any atom is -0.508 e. The zero-order valence-electron chi connectivity index (χ0n) is 13.1. The van der Waals surface area contributed by atoms with Crippen LogP contribution in [0.1, 0.15) is 29.0 Å². The van der Waals surface area contributed by atoms with E-state index in [-0.39, 0.29) is 11.7 Å². The number of aromatic hydroxyl groups is 1. The van der Waals surface area contributed by atoms with E-state index in [1.165, 1.54) is 0 Å². The Labute approximate surface area is 141 Å². The highest BCUT2D eigenvalue weighted by Crippen LogP contribution is 2.25. The summed E-state index contributed by atoms with van der Waals surface area (Å²) in [4.78, 5) is 12.6. The number of hydrogen-bond acceptors (Lipinski definition) is 4. The van der Waals surface area contributed by atoms with Crippen molar-refractivity contribution < 1.29 is 9.90 Å². The number of terminal acetylenes is 1. The van der Waals surface area contributed by atoms with E-state index in [1.54, 1.807) is 42.5 Å². The van der Waals surface area contributed by atoms with Crippen LogP contribution in [0.15, 0.2) is 42.5 Å². The Kier molecular flexibility index (Phi) is 5.72. The summed E-state index contributed by atoms with van der Waals surface area (Å²) in [5, 5.41) is 19.8. The molecule has 0 aliphatic rings. The summed E-state index contributed by atoms with van der Waals surface area (Å²) in [7, 11) is 0. The van der Waals surface area contributed by atoms with E-state index in [1.807, 2.05) is 0 Å². The molecule has 24 heavy (non-hydrogen) atoms. The summed E-state index contributed by atoms with van der Waals surface area (Å²) >= 11 is 0. The maximum atomic E-state index is 12.6. The van der Waals surface area contributed by atoms with E-state index in [0.717, 1.165) is 6.21 Å². The maximum Gasteiger partial charge on any atom is 0.231 e. The Morgan fingerprint density at radius 1 is 1.38 bits per heavy atom. The van der Waals surface area contributed by atoms with Gasteiger partial charge in [0, 0.05) is 23.0 Å². The summed E-state index contributed by atoms with van der Waals surface area (Å²) < 4.78 is 0. The zero-order chi connectivity index (χ0) is 17.5. The van der Waals surface area contributed by atoms with Crippen LogP contribution in [-0.2, 0) is 4.79 Å². The molecule has 0 saturated heterocycles. The number of nitrogens with one attached hydrogen (secondary N) is 2. The molecular formula is C19H19N3O2. The second kappa shape index (κ2) is 7.95. The molecule has 0 radical (unpaired) electrons. The first-order valence-corrected chi connectivity index (χ1v) is 7.50. The van der Waals surface area contributed by atoms with Crippen LogP contribution >= 0.6 is 0 Å². The lowest BCUT2D eigenvalue weighted by Gasteiger charge is -2.17. The minimum atomic E-state index is -0.474. The van der Waals surface area contributed by atoms with Crippen molar-refractivity contribution in [3.8, 4) is 18.1 Å². The third kappa shape index (κ3) is 4.00. The van der Waals surface area contributed by atoms with Crippen molar-refractivity contribution in [2.75, 3.05) is 11.9 Å². The first-order valence-electron chi connectivity index (χ1n) is 7.50. The summed E-state index contributed by atoms with van der Waals surface area (Å²) in [6, 6.07) is 11.6. The van der Waals surface area contributed by atoms with Gasteiger partial charge in [-0.3, -0.25) is 4.79 Å². The summed E-state index contributed by atoms with van der Waals surface area (Å²) in [6.45, 7) is 0.343. The molecule has 0 saturated carbocycles. The third-order valence-corrected chi connectivity index (χ3v) is 3.67. The molecule has 0 aliphatic carbocycles. The van der Waals surface area contributed by atoms with Gasteiger partial charge in [0.25, 0.3) is 0 Å². The lowest BCUT2D eigenvalue weighted by atomic mass is 9.94. The predicted molar refractivity (Wildman–Crippen MR) is 95.4 cm³/mol. The van der Waals surface area contributed by atoms with Crippen molar-refractivity contribution in [3.63, 3.8) is 0 Å². The van der Waals surface area contributed by atoms with Crippen molar-refractivity contribution in [1.82, 2.24) is 0 Å². The fraction of sp³-hybridized carbons (Fsp3) is 0.158. The van der Waals surface area contributed by atoms with Gasteiger partial charge in [-0.25, -0.2) is 0 Å². The number of benzene rings is 2. The van der Waals surface area contributed by atoms with E-state index >= 15 is 0 Å². The highest BCUT2D eigenvalue weighted by molar-refractivity contribution is 5.97. The lowest BCUT2D eigenvalue weighted by Crippen LogP contribution is -2.23. The Morgan fingerprint density at radius 2 is 2.17 bits per heavy atom. The summed E-state index contributed by atoms with van der Waals surface area (Å²) in [5.41, 5.74) is 8.03. The molecule has 5 heteroatoms. The molecular weight excluding hydrogens is 302 g/mol. The van der Waals surface area contributed by atoms with Crippen molar-refractivity contribution in [2.24, 2.45) is 5.73 Å². The topological polar surface area (TPSA) is 99.2 Å². The monoisotopic (exact) mass is 321 g/mol. The highest BCUT2D eigenvalue weighted by Gasteiger charge is 2.20. The molecule has 2 rings (SSSR count). The van der Waals surface area contributed by atoms with E-state index in [9.17, 15) is 9.90 Å². The smallest absolute Gasteiger partial charge is 0.231 e. The number of nitrogens with two attached hydrogens (primary N) is 1. The Morgan fingerprint density at radius 3 is 2.79 bits per heavy atom. The van der Waals surface area contributed by atoms with Gasteiger partial charge in [0.1, 0.15) is 5.75 Å². The second-order valence-electron chi connectivity index (χ2n) is 5.30. The zero-order valence-corrected chi connectivity index (χ0v) is 13.1. The van der Waals surface area contributed by atoms with Crippen LogP contribution in [0.5, 0.6) is 5.75 Å². The molecule has 0 fully saturated rings. The average Bonchev–Trinajstić information content (AvgIpc) is 2.59. The Balaban J connectivity index is 2.25. The highest BCUT2D eigenvalue weighted by atomic mass is 16.3. The number of anilines is 1. The van der Waals surface area contributed by atoms with Crippen LogP contribution < -0.4 is 11.1 Å². The van der Waals surface area contributed by atoms with E-state index in [0.29, 0.717) is 35.3 Å². The van der Waals surface area contributed by atoms with Gasteiger partial charge >= 0.3 is 0 Å². The number of phenolic OH excluding ortho intramolecular Hbond substituents is 1. The molecule has 1 atom stereocenters. The number of hydrogen-bond donors (Lipinski definition) is 4. The molecule has 0 spiro atoms. The molecule has 2 aromatic carbocycles. The molecule has 0 aromatic heterocycles. The van der Waals surface area contributed by atoms with Crippen molar-refractivity contribution in [1.29, 1.82) is 5.41 Å². The largest absolute Gasteiger partial charge is 0.508 e. The normalized spacial score (nSPS) is 11.3. The standard InChI is InChI=1S/C19H19N3O2/c1-2-13-6-7-16(10-15(13)12-21)22-19(24)18(8-9-20)14-4-3-5-17(23)11-14/h1,3-7,10-12,18,21,23H,8-9,20H2,(H,22,24). The number of amides is 1. The van der Waals surface area contributed by atoms with Gasteiger partial charge < -0.3 is 21.6 Å². The van der Waals surface area contributed by atoms with Gasteiger partial charge in [0.05, 0.1) is 5.92 Å². The fourth-order valence-corrected chi connectivity index (χ4v) is 2.48. The van der Waals surface area contributed by atoms with Crippen molar-refractivity contribution in [2.45, 2.75) is 12.3 Å². The van der Waals surface area contributed by atoms with Gasteiger partial charge in [-0.15, -0.1) is 6.42 Å². The minimum absolute atomic E-state index is 0.104. The second-order valence-corrected chi connectivity index (χ2v) is 5.30. The number of rotatable bonds is 6. The fourth-order valence-electron chi connectivity index (χ4n) is 2.48. The van der Waals surface area contributed by atoms with Gasteiger partial charge in [-0.2, -0.15) is 0 Å². The molecule has 0 bridgehead atoms. The van der Waals surface area contributed by atoms with Crippen LogP contribution in [0.3, 0.4) is 0 Å². The molecule has 1 amide bonds. The first-order chi connectivity index (χ1) is 11.6. The molecule has 0 aliphatic heterocycles. The van der Waals surface area contributed by atoms with Crippen molar-refractivity contribution in [3.05, 3.63) is 59.2 Å². The predicted octanol–water partition coefficient (Wildman–Crippen LogP) is 2.44. The first kappa shape index (κ1) is 17.3. The van der Waals surface area contributed by atoms with Crippen LogP contribution in [0, 0.1) is 17.8 Å². The van der Waals surface area contributed by atoms with E-state index in [4.69, 9.17) is 17.6 Å². The SMILES string of the molecule is C#Cc1ccc(NC(=O)C(CCN)c2cccc(O)c2)cc1C=N. The van der Waals surface area contributed by atoms with Gasteiger partial charge in [0.2, 0.25) is 5.91 Å². The molecule has 2 aromatic rings. The van der Waals surface area contributed by atoms with E-state index < -0.39 is 5.92 Å². The van der Waals surface area contributed by atoms with Crippen LogP contribution in [0.25, 0.3) is 0 Å². The molecule has 1 unspecified atom stereocenters. The summed E-state index contributed by atoms with van der Waals surface area (Å²) in [6.07, 6.45) is 6.98. The molecule has 5 N–H and O–H groups in total. The molecule has 0 heterocycles. The number of carbonyl (C=O) groups excluding carboxylic acids is 1. The lowest BCUT2D eigenvalue weighted by molar-refractivity contribution is -0.117. The van der Waals surface area contributed by atoms with Gasteiger partial charge in [-0.05, 0) is 48.9 Å². The van der Waals surface area contributed by atoms with Crippen LogP contribution in [0.2, 0.25) is 0 Å². The Hall–Kier alpha value is -3.10. The number of phenols is 1. The third-order valence-electron chi connectivity index (χ3n) is 3.67. The van der Waals surface area contributed by atoms with Crippen LogP contribution in [-0.4, -0.2) is 23.8 Å². The quantitative estimate of drug-likeness (QED) is 0.486. The van der Waals surface area contributed by atoms with Gasteiger partial charge in [0.15, 0.2) is 0 Å². The Bertz CT molecular complexity index is 793. The van der Waals surface area contributed by atoms with Crippen molar-refractivity contribution >= 4 is 17.8 Å².